The third-order valence-electron chi connectivity index (χ3n) is 7.70. The number of anilines is 1. The summed E-state index contributed by atoms with van der Waals surface area (Å²) < 4.78 is 19.5. The molecular weight excluding hydrogens is 645 g/mol. The first kappa shape index (κ1) is 31.1. The highest BCUT2D eigenvalue weighted by molar-refractivity contribution is 7.14. The van der Waals surface area contributed by atoms with Gasteiger partial charge in [-0.25, -0.2) is 23.9 Å². The van der Waals surface area contributed by atoms with Crippen LogP contribution < -0.4 is 10.2 Å². The maximum atomic E-state index is 14.0. The Morgan fingerprint density at radius 1 is 1.24 bits per heavy atom. The van der Waals surface area contributed by atoms with E-state index in [1.165, 1.54) is 40.9 Å². The van der Waals surface area contributed by atoms with Gasteiger partial charge in [-0.05, 0) is 19.1 Å². The molecule has 236 valence electrons. The Morgan fingerprint density at radius 2 is 2.09 bits per heavy atom. The van der Waals surface area contributed by atoms with Crippen molar-refractivity contribution in [2.24, 2.45) is 4.99 Å². The molecule has 6 rings (SSSR count). The predicted octanol–water partition coefficient (Wildman–Crippen LogP) is 3.94. The summed E-state index contributed by atoms with van der Waals surface area (Å²) in [5.41, 5.74) is 1.94. The minimum absolute atomic E-state index is 0.0261. The van der Waals surface area contributed by atoms with Crippen LogP contribution in [0.15, 0.2) is 51.4 Å². The molecule has 5 heterocycles. The number of benzene rings is 1. The van der Waals surface area contributed by atoms with Crippen molar-refractivity contribution >= 4 is 63.2 Å². The molecular formula is C29H29ClFN7O5S2. The van der Waals surface area contributed by atoms with E-state index in [9.17, 15) is 18.8 Å². The summed E-state index contributed by atoms with van der Waals surface area (Å²) in [4.78, 5) is 57.1. The van der Waals surface area contributed by atoms with E-state index in [0.29, 0.717) is 72.1 Å². The van der Waals surface area contributed by atoms with Gasteiger partial charge in [0.25, 0.3) is 0 Å². The highest BCUT2D eigenvalue weighted by Crippen LogP contribution is 2.37. The highest BCUT2D eigenvalue weighted by atomic mass is 35.5. The average Bonchev–Trinajstić information content (AvgIpc) is 3.77. The van der Waals surface area contributed by atoms with Crippen molar-refractivity contribution in [3.05, 3.63) is 73.5 Å². The number of hydrogen-bond donors (Lipinski definition) is 2. The fourth-order valence-electron chi connectivity index (χ4n) is 5.64. The summed E-state index contributed by atoms with van der Waals surface area (Å²) in [6.45, 7) is 4.17. The third-order valence-corrected chi connectivity index (χ3v) is 9.72. The second-order valence-corrected chi connectivity index (χ2v) is 12.8. The van der Waals surface area contributed by atoms with Gasteiger partial charge in [-0.3, -0.25) is 19.6 Å². The zero-order chi connectivity index (χ0) is 31.7. The molecule has 16 heteroatoms. The van der Waals surface area contributed by atoms with Crippen molar-refractivity contribution in [3.63, 3.8) is 0 Å². The first-order valence-electron chi connectivity index (χ1n) is 14.3. The lowest BCUT2D eigenvalue weighted by atomic mass is 9.95. The molecule has 3 aliphatic rings. The number of ether oxygens (including phenoxy) is 1. The molecule has 0 bridgehead atoms. The van der Waals surface area contributed by atoms with Crippen molar-refractivity contribution in [2.45, 2.75) is 31.8 Å². The summed E-state index contributed by atoms with van der Waals surface area (Å²) in [5.74, 6) is -1.50. The monoisotopic (exact) mass is 673 g/mol. The molecule has 3 aliphatic heterocycles. The van der Waals surface area contributed by atoms with Gasteiger partial charge >= 0.3 is 18.0 Å². The topological polar surface area (TPSA) is 141 Å². The highest BCUT2D eigenvalue weighted by Gasteiger charge is 2.43. The maximum Gasteiger partial charge on any atom is 0.338 e. The maximum absolute atomic E-state index is 14.0. The van der Waals surface area contributed by atoms with Gasteiger partial charge in [0.05, 0.1) is 36.9 Å². The van der Waals surface area contributed by atoms with Crippen LogP contribution in [0.25, 0.3) is 0 Å². The molecule has 12 nitrogen and oxygen atoms in total. The van der Waals surface area contributed by atoms with Crippen LogP contribution in [0.2, 0.25) is 5.02 Å². The van der Waals surface area contributed by atoms with Crippen LogP contribution in [0.1, 0.15) is 35.7 Å². The summed E-state index contributed by atoms with van der Waals surface area (Å²) in [6, 6.07) is 2.88. The van der Waals surface area contributed by atoms with E-state index in [4.69, 9.17) is 26.4 Å². The number of nitrogens with zero attached hydrogens (tertiary/aromatic N) is 6. The molecule has 2 N–H and O–H groups in total. The number of amides is 2. The number of aliphatic carboxylic acids is 1. The Hall–Kier alpha value is -3.92. The number of esters is 1. The summed E-state index contributed by atoms with van der Waals surface area (Å²) >= 11 is 9.20. The molecule has 2 saturated heterocycles. The number of nitrogens with one attached hydrogen (secondary N) is 1. The molecule has 0 spiro atoms. The third kappa shape index (κ3) is 6.57. The van der Waals surface area contributed by atoms with E-state index in [1.807, 2.05) is 10.3 Å². The second kappa shape index (κ2) is 13.2. The smallest absolute Gasteiger partial charge is 0.338 e. The fraction of sp³-hybridized carbons (Fsp3) is 0.379. The molecule has 2 aromatic heterocycles. The average molecular weight is 674 g/mol. The van der Waals surface area contributed by atoms with Gasteiger partial charge < -0.3 is 20.1 Å². The number of halogens is 2. The van der Waals surface area contributed by atoms with E-state index in [1.54, 1.807) is 23.4 Å². The standard InChI is InChI=1S/C29H29ClFN7O5S2/c1-2-43-27(41)23-21(34-25(26-32-7-10-44-26)35-24(23)19-5-3-16(31)11-20(19)30)14-36-8-9-37-18(12-36)13-38(29(37)42)28-33-17(15-45-28)4-6-22(39)40/h3,5,7,10-11,15,18,24H,2,4,6,8-9,12-14H2,1H3,(H,34,35)(H,39,40)/t18-,24-/m0/s1. The number of fused-ring (bicyclic) bond motifs is 1. The molecule has 0 radical (unpaired) electrons. The fourth-order valence-corrected chi connectivity index (χ4v) is 7.36. The Labute approximate surface area is 270 Å². The lowest BCUT2D eigenvalue weighted by molar-refractivity contribution is -0.139. The molecule has 0 unspecified atom stereocenters. The van der Waals surface area contributed by atoms with Crippen LogP contribution in [0.4, 0.5) is 14.3 Å². The second-order valence-electron chi connectivity index (χ2n) is 10.6. The van der Waals surface area contributed by atoms with Gasteiger partial charge in [0, 0.05) is 65.8 Å². The molecule has 2 atom stereocenters. The molecule has 2 fully saturated rings. The number of carboxylic acids is 1. The number of carbonyl (C=O) groups excluding carboxylic acids is 2. The van der Waals surface area contributed by atoms with Crippen LogP contribution >= 0.6 is 34.3 Å². The molecule has 3 aromatic rings. The van der Waals surface area contributed by atoms with E-state index in [-0.39, 0.29) is 35.7 Å². The lowest BCUT2D eigenvalue weighted by Gasteiger charge is -2.38. The zero-order valence-corrected chi connectivity index (χ0v) is 26.5. The van der Waals surface area contributed by atoms with Crippen LogP contribution in [-0.4, -0.2) is 94.1 Å². The summed E-state index contributed by atoms with van der Waals surface area (Å²) in [5, 5.41) is 17.2. The molecule has 45 heavy (non-hydrogen) atoms. The van der Waals surface area contributed by atoms with Gasteiger partial charge in [0.15, 0.2) is 16.0 Å². The number of piperazine rings is 1. The first-order chi connectivity index (χ1) is 21.7. The van der Waals surface area contributed by atoms with E-state index < -0.39 is 23.8 Å². The van der Waals surface area contributed by atoms with Crippen LogP contribution in [-0.2, 0) is 20.7 Å². The zero-order valence-electron chi connectivity index (χ0n) is 24.1. The minimum atomic E-state index is -0.898. The number of urea groups is 1. The number of aromatic nitrogens is 2. The Bertz CT molecular complexity index is 1680. The Balaban J connectivity index is 1.26. The number of thiazole rings is 2. The quantitative estimate of drug-likeness (QED) is 0.306. The lowest BCUT2D eigenvalue weighted by Crippen LogP contribution is -2.53. The molecule has 0 aliphatic carbocycles. The van der Waals surface area contributed by atoms with Crippen molar-refractivity contribution < 1.29 is 28.6 Å². The van der Waals surface area contributed by atoms with Crippen molar-refractivity contribution in [3.8, 4) is 0 Å². The predicted molar refractivity (Wildman–Crippen MR) is 167 cm³/mol. The van der Waals surface area contributed by atoms with Gasteiger partial charge in [-0.15, -0.1) is 22.7 Å². The van der Waals surface area contributed by atoms with Gasteiger partial charge in [0.2, 0.25) is 0 Å². The van der Waals surface area contributed by atoms with Crippen molar-refractivity contribution in [1.82, 2.24) is 25.1 Å². The number of carbonyl (C=O) groups is 3. The summed E-state index contributed by atoms with van der Waals surface area (Å²) in [7, 11) is 0. The van der Waals surface area contributed by atoms with Gasteiger partial charge in [-0.2, -0.15) is 0 Å². The number of rotatable bonds is 10. The Morgan fingerprint density at radius 3 is 2.82 bits per heavy atom. The van der Waals surface area contributed by atoms with Crippen LogP contribution in [0, 0.1) is 5.82 Å². The number of carboxylic acid groups (broad SMARTS) is 1. The Kier molecular flexibility index (Phi) is 9.12. The SMILES string of the molecule is CCOC(=O)C1=C(CN2CCN3C(=O)N(c4nc(CCC(=O)O)cs4)C[C@@H]3C2)NC(c2nccs2)=N[C@H]1c1ccc(F)cc1Cl. The van der Waals surface area contributed by atoms with E-state index in [2.05, 4.69) is 20.2 Å². The number of aryl methyl sites for hydroxylation is 1. The van der Waals surface area contributed by atoms with Crippen LogP contribution in [0.5, 0.6) is 0 Å². The minimum Gasteiger partial charge on any atom is -0.481 e. The number of hydrogen-bond acceptors (Lipinski definition) is 11. The van der Waals surface area contributed by atoms with Gasteiger partial charge in [0.1, 0.15) is 11.9 Å². The van der Waals surface area contributed by atoms with Crippen molar-refractivity contribution in [2.75, 3.05) is 44.2 Å². The normalized spacial score (nSPS) is 20.2. The molecule has 2 amide bonds. The molecule has 1 aromatic carbocycles. The molecule has 0 saturated carbocycles. The summed E-state index contributed by atoms with van der Waals surface area (Å²) in [6.07, 6.45) is 1.94. The first-order valence-corrected chi connectivity index (χ1v) is 16.4. The van der Waals surface area contributed by atoms with Crippen LogP contribution in [0.3, 0.4) is 0 Å². The van der Waals surface area contributed by atoms with Crippen molar-refractivity contribution in [1.29, 1.82) is 0 Å². The van der Waals surface area contributed by atoms with E-state index >= 15 is 0 Å². The number of aliphatic imine (C=N–C) groups is 1. The number of amidine groups is 1. The van der Waals surface area contributed by atoms with Gasteiger partial charge in [-0.1, -0.05) is 17.7 Å². The largest absolute Gasteiger partial charge is 0.481 e. The van der Waals surface area contributed by atoms with E-state index in [0.717, 1.165) is 0 Å².